The Morgan fingerprint density at radius 3 is 2.89 bits per heavy atom. The summed E-state index contributed by atoms with van der Waals surface area (Å²) >= 11 is 3.48. The largest absolute Gasteiger partial charge is 0.334 e. The Labute approximate surface area is 122 Å². The highest BCUT2D eigenvalue weighted by Gasteiger charge is 2.18. The average Bonchev–Trinajstić information content (AvgIpc) is 2.88. The van der Waals surface area contributed by atoms with E-state index in [0.29, 0.717) is 0 Å². The minimum atomic E-state index is 0.0832. The van der Waals surface area contributed by atoms with Crippen molar-refractivity contribution in [3.05, 3.63) is 46.7 Å². The molecule has 0 bridgehead atoms. The molecular weight excluding hydrogens is 304 g/mol. The van der Waals surface area contributed by atoms with Gasteiger partial charge in [-0.15, -0.1) is 0 Å². The molecule has 1 N–H and O–H groups in total. The van der Waals surface area contributed by atoms with E-state index in [1.807, 2.05) is 18.6 Å². The average molecular weight is 323 g/mol. The third-order valence-corrected chi connectivity index (χ3v) is 3.44. The van der Waals surface area contributed by atoms with Gasteiger partial charge >= 0.3 is 0 Å². The minimum Gasteiger partial charge on any atom is -0.334 e. The normalized spacial score (nSPS) is 12.6. The zero-order valence-corrected chi connectivity index (χ0v) is 12.9. The van der Waals surface area contributed by atoms with E-state index in [1.54, 1.807) is 6.20 Å². The molecule has 2 aromatic heterocycles. The molecule has 2 rings (SSSR count). The highest BCUT2D eigenvalue weighted by molar-refractivity contribution is 9.10. The van der Waals surface area contributed by atoms with Gasteiger partial charge in [0.2, 0.25) is 0 Å². The summed E-state index contributed by atoms with van der Waals surface area (Å²) in [5.74, 6) is 1.04. The van der Waals surface area contributed by atoms with Crippen LogP contribution in [0, 0.1) is 0 Å². The van der Waals surface area contributed by atoms with Gasteiger partial charge in [0, 0.05) is 35.8 Å². The molecule has 19 heavy (non-hydrogen) atoms. The van der Waals surface area contributed by atoms with Crippen molar-refractivity contribution < 1.29 is 0 Å². The van der Waals surface area contributed by atoms with Crippen molar-refractivity contribution in [2.24, 2.45) is 0 Å². The monoisotopic (exact) mass is 322 g/mol. The van der Waals surface area contributed by atoms with Gasteiger partial charge in [-0.1, -0.05) is 6.92 Å². The fraction of sp³-hybridized carbons (Fsp3) is 0.429. The molecule has 0 aliphatic carbocycles. The maximum absolute atomic E-state index is 4.50. The Morgan fingerprint density at radius 2 is 2.21 bits per heavy atom. The Morgan fingerprint density at radius 1 is 1.37 bits per heavy atom. The van der Waals surface area contributed by atoms with E-state index in [1.165, 1.54) is 0 Å². The Kier molecular flexibility index (Phi) is 5.10. The van der Waals surface area contributed by atoms with Gasteiger partial charge in [-0.05, 0) is 47.4 Å². The van der Waals surface area contributed by atoms with Crippen LogP contribution in [0.15, 0.2) is 35.3 Å². The highest BCUT2D eigenvalue weighted by Crippen LogP contribution is 2.22. The molecule has 2 heterocycles. The lowest BCUT2D eigenvalue weighted by Crippen LogP contribution is -2.26. The second kappa shape index (κ2) is 6.82. The van der Waals surface area contributed by atoms with Crippen molar-refractivity contribution in [2.45, 2.75) is 32.9 Å². The number of hydrogen-bond acceptors (Lipinski definition) is 3. The molecular formula is C14H19BrN4. The maximum Gasteiger partial charge on any atom is 0.130 e. The second-order valence-electron chi connectivity index (χ2n) is 4.40. The molecule has 0 fully saturated rings. The lowest BCUT2D eigenvalue weighted by atomic mass is 10.1. The highest BCUT2D eigenvalue weighted by atomic mass is 79.9. The van der Waals surface area contributed by atoms with Crippen LogP contribution >= 0.6 is 15.9 Å². The number of pyridine rings is 1. The summed E-state index contributed by atoms with van der Waals surface area (Å²) in [6.45, 7) is 6.16. The van der Waals surface area contributed by atoms with E-state index in [2.05, 4.69) is 55.7 Å². The van der Waals surface area contributed by atoms with Crippen molar-refractivity contribution in [3.63, 3.8) is 0 Å². The first-order valence-corrected chi connectivity index (χ1v) is 7.40. The lowest BCUT2D eigenvalue weighted by Gasteiger charge is -2.19. The van der Waals surface area contributed by atoms with Crippen LogP contribution < -0.4 is 5.32 Å². The molecule has 0 saturated carbocycles. The third-order valence-electron chi connectivity index (χ3n) is 3.00. The Balaban J connectivity index is 2.35. The minimum absolute atomic E-state index is 0.0832. The smallest absolute Gasteiger partial charge is 0.130 e. The van der Waals surface area contributed by atoms with Crippen molar-refractivity contribution >= 4 is 15.9 Å². The fourth-order valence-corrected chi connectivity index (χ4v) is 2.46. The molecule has 0 aliphatic heterocycles. The van der Waals surface area contributed by atoms with E-state index in [0.717, 1.165) is 35.4 Å². The van der Waals surface area contributed by atoms with Crippen molar-refractivity contribution in [1.82, 2.24) is 19.9 Å². The number of nitrogens with zero attached hydrogens (tertiary/aromatic N) is 3. The van der Waals surface area contributed by atoms with Gasteiger partial charge < -0.3 is 9.88 Å². The lowest BCUT2D eigenvalue weighted by molar-refractivity contribution is 0.540. The van der Waals surface area contributed by atoms with Crippen molar-refractivity contribution in [2.75, 3.05) is 6.54 Å². The molecule has 102 valence electrons. The first-order valence-electron chi connectivity index (χ1n) is 6.61. The third kappa shape index (κ3) is 3.42. The van der Waals surface area contributed by atoms with Gasteiger partial charge in [0.15, 0.2) is 0 Å². The van der Waals surface area contributed by atoms with E-state index in [9.17, 15) is 0 Å². The van der Waals surface area contributed by atoms with E-state index >= 15 is 0 Å². The van der Waals surface area contributed by atoms with Gasteiger partial charge in [0.25, 0.3) is 0 Å². The van der Waals surface area contributed by atoms with Crippen LogP contribution in [0.4, 0.5) is 0 Å². The Bertz CT molecular complexity index is 524. The molecule has 0 spiro atoms. The zero-order valence-electron chi connectivity index (χ0n) is 11.3. The predicted molar refractivity (Wildman–Crippen MR) is 80.0 cm³/mol. The van der Waals surface area contributed by atoms with E-state index < -0.39 is 0 Å². The van der Waals surface area contributed by atoms with Crippen molar-refractivity contribution in [3.8, 4) is 0 Å². The van der Waals surface area contributed by atoms with Crippen molar-refractivity contribution in [1.29, 1.82) is 0 Å². The summed E-state index contributed by atoms with van der Waals surface area (Å²) in [4.78, 5) is 8.76. The maximum atomic E-state index is 4.50. The second-order valence-corrected chi connectivity index (χ2v) is 5.31. The van der Waals surface area contributed by atoms with Gasteiger partial charge in [-0.3, -0.25) is 4.98 Å². The van der Waals surface area contributed by atoms with Crippen LogP contribution in [0.1, 0.15) is 37.7 Å². The molecule has 2 aromatic rings. The van der Waals surface area contributed by atoms with Gasteiger partial charge in [-0.2, -0.15) is 0 Å². The number of rotatable bonds is 6. The van der Waals surface area contributed by atoms with Crippen LogP contribution in [-0.2, 0) is 6.54 Å². The molecule has 0 amide bonds. The van der Waals surface area contributed by atoms with Crippen LogP contribution in [0.2, 0.25) is 0 Å². The van der Waals surface area contributed by atoms with Crippen LogP contribution in [0.3, 0.4) is 0 Å². The van der Waals surface area contributed by atoms with Gasteiger partial charge in [0.1, 0.15) is 5.82 Å². The molecule has 0 aromatic carbocycles. The summed E-state index contributed by atoms with van der Waals surface area (Å²) in [5.41, 5.74) is 1.13. The number of nitrogens with one attached hydrogen (secondary N) is 1. The van der Waals surface area contributed by atoms with Gasteiger partial charge in [0.05, 0.1) is 6.04 Å². The molecule has 5 heteroatoms. The van der Waals surface area contributed by atoms with E-state index in [-0.39, 0.29) is 6.04 Å². The summed E-state index contributed by atoms with van der Waals surface area (Å²) in [5, 5.41) is 3.55. The first-order chi connectivity index (χ1) is 9.26. The fourth-order valence-electron chi connectivity index (χ4n) is 2.08. The summed E-state index contributed by atoms with van der Waals surface area (Å²) in [7, 11) is 0. The van der Waals surface area contributed by atoms with E-state index in [4.69, 9.17) is 0 Å². The number of aryl methyl sites for hydroxylation is 1. The zero-order chi connectivity index (χ0) is 13.7. The quantitative estimate of drug-likeness (QED) is 0.888. The van der Waals surface area contributed by atoms with Crippen LogP contribution in [0.25, 0.3) is 0 Å². The molecule has 0 radical (unpaired) electrons. The predicted octanol–water partition coefficient (Wildman–Crippen LogP) is 3.15. The number of aromatic nitrogens is 3. The SMILES string of the molecule is CCCNC(c1cncc(Br)c1)c1nccn1CC. The first kappa shape index (κ1) is 14.2. The van der Waals surface area contributed by atoms with Crippen LogP contribution in [-0.4, -0.2) is 21.1 Å². The standard InChI is InChI=1S/C14H19BrN4/c1-3-5-17-13(11-8-12(15)10-16-9-11)14-18-6-7-19(14)4-2/h6-10,13,17H,3-5H2,1-2H3. The molecule has 1 atom stereocenters. The Hall–Kier alpha value is -1.20. The molecule has 4 nitrogen and oxygen atoms in total. The topological polar surface area (TPSA) is 42.7 Å². The molecule has 0 aliphatic rings. The van der Waals surface area contributed by atoms with Gasteiger partial charge in [-0.25, -0.2) is 4.98 Å². The molecule has 1 unspecified atom stereocenters. The molecule has 0 saturated heterocycles. The number of halogens is 1. The number of hydrogen-bond donors (Lipinski definition) is 1. The number of imidazole rings is 1. The summed E-state index contributed by atoms with van der Waals surface area (Å²) in [6, 6.07) is 2.18. The summed E-state index contributed by atoms with van der Waals surface area (Å²) in [6.07, 6.45) is 8.65. The summed E-state index contributed by atoms with van der Waals surface area (Å²) < 4.78 is 3.15. The van der Waals surface area contributed by atoms with Crippen LogP contribution in [0.5, 0.6) is 0 Å².